The van der Waals surface area contributed by atoms with E-state index >= 15 is 0 Å². The second kappa shape index (κ2) is 23.4. The van der Waals surface area contributed by atoms with Crippen LogP contribution in [-0.4, -0.2) is 86.7 Å². The minimum atomic E-state index is 0.398. The van der Waals surface area contributed by atoms with Gasteiger partial charge in [-0.25, -0.2) is 0 Å². The second-order valence-electron chi connectivity index (χ2n) is 3.81. The molecule has 3 amide bonds. The zero-order valence-electron chi connectivity index (χ0n) is 13.6. The van der Waals surface area contributed by atoms with E-state index in [-0.39, 0.29) is 0 Å². The zero-order chi connectivity index (χ0) is 17.8. The smallest absolute Gasteiger partial charge is 0.209 e. The number of amides is 3. The van der Waals surface area contributed by atoms with E-state index in [1.807, 2.05) is 6.07 Å². The number of thiocarbonyl (C=S) groups is 1. The monoisotopic (exact) mass is 336 g/mol. The van der Waals surface area contributed by atoms with Crippen LogP contribution in [-0.2, 0) is 14.4 Å². The number of rotatable bonds is 3. The van der Waals surface area contributed by atoms with Crippen LogP contribution in [0.25, 0.3) is 0 Å². The molecule has 0 unspecified atom stereocenters. The van der Waals surface area contributed by atoms with Gasteiger partial charge >= 0.3 is 0 Å². The summed E-state index contributed by atoms with van der Waals surface area (Å²) in [6, 6.07) is 1.81. The molecule has 0 radical (unpaired) electrons. The Balaban J connectivity index is -0.0000000921. The molecule has 21 heavy (non-hydrogen) atoms. The van der Waals surface area contributed by atoms with E-state index in [9.17, 15) is 14.4 Å². The van der Waals surface area contributed by atoms with Crippen LogP contribution in [0.1, 0.15) is 0 Å². The molecule has 0 fully saturated rings. The summed E-state index contributed by atoms with van der Waals surface area (Å²) in [6.45, 7) is 0. The first-order chi connectivity index (χ1) is 9.62. The van der Waals surface area contributed by atoms with Crippen LogP contribution >= 0.6 is 24.0 Å². The average molecular weight is 336 g/mol. The van der Waals surface area contributed by atoms with Crippen molar-refractivity contribution in [2.24, 2.45) is 0 Å². The third-order valence-electron chi connectivity index (χ3n) is 0.909. The highest BCUT2D eigenvalue weighted by atomic mass is 32.2. The fourth-order valence-electron chi connectivity index (χ4n) is 0.0456. The van der Waals surface area contributed by atoms with Crippen LogP contribution in [0.2, 0.25) is 0 Å². The molecule has 0 heterocycles. The third kappa shape index (κ3) is 70.4. The van der Waals surface area contributed by atoms with Gasteiger partial charge in [-0.1, -0.05) is 12.2 Å². The Kier molecular flexibility index (Phi) is 30.8. The van der Waals surface area contributed by atoms with Gasteiger partial charge in [-0.3, -0.25) is 14.4 Å². The van der Waals surface area contributed by atoms with E-state index in [4.69, 9.17) is 5.26 Å². The molecule has 122 valence electrons. The standard InChI is InChI=1S/3C3H7NO.C3H3NS2/c3*1-4(2)3-5;1-6-3(5)2-4/h3*3H,1-2H3;1H3. The first-order valence-corrected chi connectivity index (χ1v) is 7.09. The van der Waals surface area contributed by atoms with Gasteiger partial charge in [0.1, 0.15) is 10.3 Å². The molecule has 0 atom stereocenters. The van der Waals surface area contributed by atoms with E-state index in [0.29, 0.717) is 4.20 Å². The van der Waals surface area contributed by atoms with Crippen molar-refractivity contribution in [2.75, 3.05) is 48.5 Å². The van der Waals surface area contributed by atoms with Gasteiger partial charge < -0.3 is 14.7 Å². The maximum absolute atomic E-state index is 9.43. The molecule has 0 saturated carbocycles. The molecule has 0 rings (SSSR count). The summed E-state index contributed by atoms with van der Waals surface area (Å²) in [5.41, 5.74) is 0. The lowest BCUT2D eigenvalue weighted by atomic mass is 10.9. The zero-order valence-corrected chi connectivity index (χ0v) is 15.2. The van der Waals surface area contributed by atoms with Crippen molar-refractivity contribution in [1.82, 2.24) is 14.7 Å². The van der Waals surface area contributed by atoms with Crippen LogP contribution in [0.4, 0.5) is 0 Å². The fraction of sp³-hybridized carbons (Fsp3) is 0.583. The predicted octanol–water partition coefficient (Wildman–Crippen LogP) is 0.314. The van der Waals surface area contributed by atoms with Gasteiger partial charge in [0, 0.05) is 42.3 Å². The van der Waals surface area contributed by atoms with E-state index < -0.39 is 0 Å². The minimum absolute atomic E-state index is 0.398. The third-order valence-corrected chi connectivity index (χ3v) is 1.96. The minimum Gasteiger partial charge on any atom is -0.351 e. The number of hydrogen-bond donors (Lipinski definition) is 0. The quantitative estimate of drug-likeness (QED) is 0.545. The molecule has 9 heteroatoms. The van der Waals surface area contributed by atoms with E-state index in [1.165, 1.54) is 26.5 Å². The molecule has 0 bridgehead atoms. The van der Waals surface area contributed by atoms with E-state index in [2.05, 4.69) is 12.2 Å². The Morgan fingerprint density at radius 3 is 1.10 bits per heavy atom. The number of carbonyl (C=O) groups is 3. The molecule has 0 aliphatic carbocycles. The van der Waals surface area contributed by atoms with Gasteiger partial charge in [-0.15, -0.1) is 11.8 Å². The molecule has 0 aromatic rings. The summed E-state index contributed by atoms with van der Waals surface area (Å²) in [5.74, 6) is 0. The van der Waals surface area contributed by atoms with Crippen LogP contribution in [0, 0.1) is 11.3 Å². The second-order valence-corrected chi connectivity index (χ2v) is 5.29. The largest absolute Gasteiger partial charge is 0.351 e. The molecule has 0 saturated heterocycles. The lowest BCUT2D eigenvalue weighted by Crippen LogP contribution is -2.06. The summed E-state index contributed by atoms with van der Waals surface area (Å²) in [7, 11) is 10.1. The molecule has 0 aliphatic rings. The van der Waals surface area contributed by atoms with Crippen LogP contribution < -0.4 is 0 Å². The van der Waals surface area contributed by atoms with Crippen molar-refractivity contribution >= 4 is 47.4 Å². The summed E-state index contributed by atoms with van der Waals surface area (Å²) in [6.07, 6.45) is 4.03. The molecule has 0 N–H and O–H groups in total. The van der Waals surface area contributed by atoms with Crippen molar-refractivity contribution in [2.45, 2.75) is 0 Å². The van der Waals surface area contributed by atoms with Crippen molar-refractivity contribution in [3.8, 4) is 6.07 Å². The molecule has 0 aromatic heterocycles. The fourth-order valence-corrected chi connectivity index (χ4v) is 0.137. The summed E-state index contributed by atoms with van der Waals surface area (Å²) >= 11 is 5.75. The van der Waals surface area contributed by atoms with Gasteiger partial charge in [-0.05, 0) is 6.26 Å². The van der Waals surface area contributed by atoms with Gasteiger partial charge in [0.05, 0.1) is 0 Å². The maximum Gasteiger partial charge on any atom is 0.209 e. The Morgan fingerprint density at radius 2 is 1.10 bits per heavy atom. The number of nitriles is 1. The van der Waals surface area contributed by atoms with Crippen LogP contribution in [0.5, 0.6) is 0 Å². The van der Waals surface area contributed by atoms with Crippen LogP contribution in [0.15, 0.2) is 0 Å². The van der Waals surface area contributed by atoms with Gasteiger partial charge in [0.25, 0.3) is 0 Å². The molecule has 0 aromatic carbocycles. The molecular weight excluding hydrogens is 312 g/mol. The van der Waals surface area contributed by atoms with Crippen molar-refractivity contribution in [1.29, 1.82) is 5.26 Å². The lowest BCUT2D eigenvalue weighted by Gasteiger charge is -1.93. The number of carbonyl (C=O) groups excluding carboxylic acids is 3. The van der Waals surface area contributed by atoms with Crippen molar-refractivity contribution in [3.63, 3.8) is 0 Å². The summed E-state index contributed by atoms with van der Waals surface area (Å²) in [5, 5.41) is 7.92. The highest BCUT2D eigenvalue weighted by molar-refractivity contribution is 8.23. The Morgan fingerprint density at radius 1 is 0.905 bits per heavy atom. The normalized spacial score (nSPS) is 6.76. The number of hydrogen-bond acceptors (Lipinski definition) is 6. The maximum atomic E-state index is 9.43. The highest BCUT2D eigenvalue weighted by Gasteiger charge is 1.81. The summed E-state index contributed by atoms with van der Waals surface area (Å²) < 4.78 is 0.398. The lowest BCUT2D eigenvalue weighted by molar-refractivity contribution is -0.116. The van der Waals surface area contributed by atoms with Gasteiger partial charge in [-0.2, -0.15) is 5.26 Å². The molecule has 7 nitrogen and oxygen atoms in total. The molecule has 0 spiro atoms. The molecule has 0 aliphatic heterocycles. The van der Waals surface area contributed by atoms with Crippen molar-refractivity contribution in [3.05, 3.63) is 0 Å². The van der Waals surface area contributed by atoms with Crippen molar-refractivity contribution < 1.29 is 14.4 Å². The Labute approximate surface area is 136 Å². The highest BCUT2D eigenvalue weighted by Crippen LogP contribution is 1.93. The Hall–Kier alpha value is -1.66. The first kappa shape index (κ1) is 27.6. The van der Waals surface area contributed by atoms with Gasteiger partial charge in [0.2, 0.25) is 19.2 Å². The topological polar surface area (TPSA) is 84.7 Å². The van der Waals surface area contributed by atoms with E-state index in [1.54, 1.807) is 48.5 Å². The number of nitrogens with zero attached hydrogens (tertiary/aromatic N) is 4. The average Bonchev–Trinajstić information content (AvgIpc) is 2.47. The SMILES string of the molecule is CN(C)C=O.CN(C)C=O.CN(C)C=O.CSC(=S)C#N. The van der Waals surface area contributed by atoms with Gasteiger partial charge in [0.15, 0.2) is 0 Å². The predicted molar refractivity (Wildman–Crippen MR) is 91.0 cm³/mol. The summed E-state index contributed by atoms with van der Waals surface area (Å²) in [4.78, 5) is 32.6. The van der Waals surface area contributed by atoms with Crippen LogP contribution in [0.3, 0.4) is 0 Å². The molecular formula is C12H24N4O3S2. The first-order valence-electron chi connectivity index (χ1n) is 5.46. The Bertz CT molecular complexity index is 288. The van der Waals surface area contributed by atoms with E-state index in [0.717, 1.165) is 19.2 Å². The number of thioether (sulfide) groups is 1.